The van der Waals surface area contributed by atoms with Crippen LogP contribution in [0.15, 0.2) is 22.0 Å². The van der Waals surface area contributed by atoms with Crippen LogP contribution in [0.3, 0.4) is 0 Å². The first-order chi connectivity index (χ1) is 8.69. The standard InChI is InChI=1S/C11H12BrN3O2S/c1-16-9-4-7(12)10(17-2)3-6(9)8-5-18-11(14-8)15-13/h3-5H,13H2,1-2H3,(H,14,15). The Morgan fingerprint density at radius 2 is 2.00 bits per heavy atom. The highest BCUT2D eigenvalue weighted by Crippen LogP contribution is 2.39. The van der Waals surface area contributed by atoms with E-state index in [9.17, 15) is 0 Å². The van der Waals surface area contributed by atoms with Gasteiger partial charge in [0.15, 0.2) is 5.13 Å². The molecule has 0 amide bonds. The van der Waals surface area contributed by atoms with Crippen molar-refractivity contribution in [2.24, 2.45) is 5.84 Å². The molecule has 1 aromatic heterocycles. The number of aromatic nitrogens is 1. The molecule has 0 aliphatic carbocycles. The van der Waals surface area contributed by atoms with E-state index in [-0.39, 0.29) is 0 Å². The molecule has 0 radical (unpaired) electrons. The van der Waals surface area contributed by atoms with Crippen molar-refractivity contribution in [3.63, 3.8) is 0 Å². The van der Waals surface area contributed by atoms with E-state index < -0.39 is 0 Å². The molecule has 1 heterocycles. The molecular weight excluding hydrogens is 318 g/mol. The summed E-state index contributed by atoms with van der Waals surface area (Å²) in [5, 5.41) is 2.55. The molecule has 0 bridgehead atoms. The van der Waals surface area contributed by atoms with Crippen LogP contribution in [-0.2, 0) is 0 Å². The molecular formula is C11H12BrN3O2S. The topological polar surface area (TPSA) is 69.4 Å². The third kappa shape index (κ3) is 2.43. The van der Waals surface area contributed by atoms with Gasteiger partial charge >= 0.3 is 0 Å². The minimum absolute atomic E-state index is 0.647. The van der Waals surface area contributed by atoms with Crippen LogP contribution in [0.2, 0.25) is 0 Å². The van der Waals surface area contributed by atoms with Gasteiger partial charge in [-0.25, -0.2) is 10.8 Å². The van der Waals surface area contributed by atoms with E-state index in [0.717, 1.165) is 27.2 Å². The first-order valence-electron chi connectivity index (χ1n) is 5.03. The summed E-state index contributed by atoms with van der Waals surface area (Å²) in [6.45, 7) is 0. The van der Waals surface area contributed by atoms with Crippen molar-refractivity contribution >= 4 is 32.4 Å². The molecule has 2 rings (SSSR count). The molecule has 0 saturated heterocycles. The third-order valence-electron chi connectivity index (χ3n) is 2.38. The quantitative estimate of drug-likeness (QED) is 0.666. The smallest absolute Gasteiger partial charge is 0.197 e. The summed E-state index contributed by atoms with van der Waals surface area (Å²) >= 11 is 4.84. The van der Waals surface area contributed by atoms with Gasteiger partial charge in [0, 0.05) is 10.9 Å². The van der Waals surface area contributed by atoms with Crippen molar-refractivity contribution in [2.45, 2.75) is 0 Å². The first-order valence-corrected chi connectivity index (χ1v) is 6.71. The molecule has 0 spiro atoms. The number of benzene rings is 1. The summed E-state index contributed by atoms with van der Waals surface area (Å²) < 4.78 is 11.5. The summed E-state index contributed by atoms with van der Waals surface area (Å²) in [7, 11) is 3.23. The SMILES string of the molecule is COc1cc(-c2csc(NN)n2)c(OC)cc1Br. The minimum Gasteiger partial charge on any atom is -0.496 e. The average Bonchev–Trinajstić information content (AvgIpc) is 2.87. The van der Waals surface area contributed by atoms with E-state index in [0.29, 0.717) is 5.13 Å². The number of halogens is 1. The molecule has 2 aromatic rings. The molecule has 96 valence electrons. The molecule has 3 N–H and O–H groups in total. The zero-order chi connectivity index (χ0) is 13.1. The van der Waals surface area contributed by atoms with Crippen molar-refractivity contribution in [2.75, 3.05) is 19.6 Å². The van der Waals surface area contributed by atoms with Crippen LogP contribution in [0.25, 0.3) is 11.3 Å². The third-order valence-corrected chi connectivity index (χ3v) is 3.77. The van der Waals surface area contributed by atoms with Gasteiger partial charge in [0.05, 0.1) is 24.4 Å². The second kappa shape index (κ2) is 5.55. The van der Waals surface area contributed by atoms with Crippen molar-refractivity contribution in [1.82, 2.24) is 4.98 Å². The number of methoxy groups -OCH3 is 2. The van der Waals surface area contributed by atoms with E-state index in [1.165, 1.54) is 11.3 Å². The van der Waals surface area contributed by atoms with Crippen LogP contribution >= 0.6 is 27.3 Å². The van der Waals surface area contributed by atoms with Crippen molar-refractivity contribution in [1.29, 1.82) is 0 Å². The van der Waals surface area contributed by atoms with Crippen LogP contribution < -0.4 is 20.7 Å². The Morgan fingerprint density at radius 3 is 2.56 bits per heavy atom. The lowest BCUT2D eigenvalue weighted by molar-refractivity contribution is 0.402. The van der Waals surface area contributed by atoms with Crippen LogP contribution in [0.1, 0.15) is 0 Å². The maximum absolute atomic E-state index is 5.35. The monoisotopic (exact) mass is 329 g/mol. The Bertz CT molecular complexity index is 559. The van der Waals surface area contributed by atoms with Gasteiger partial charge in [-0.15, -0.1) is 11.3 Å². The lowest BCUT2D eigenvalue weighted by atomic mass is 10.1. The molecule has 0 fully saturated rings. The Hall–Kier alpha value is -1.31. The molecule has 1 aromatic carbocycles. The largest absolute Gasteiger partial charge is 0.496 e. The predicted molar refractivity (Wildman–Crippen MR) is 76.2 cm³/mol. The van der Waals surface area contributed by atoms with E-state index >= 15 is 0 Å². The highest BCUT2D eigenvalue weighted by Gasteiger charge is 2.14. The van der Waals surface area contributed by atoms with Crippen LogP contribution in [-0.4, -0.2) is 19.2 Å². The number of hydrogen-bond acceptors (Lipinski definition) is 6. The molecule has 0 unspecified atom stereocenters. The Morgan fingerprint density at radius 1 is 1.28 bits per heavy atom. The van der Waals surface area contributed by atoms with Crippen molar-refractivity contribution in [3.05, 3.63) is 22.0 Å². The number of hydrogen-bond donors (Lipinski definition) is 2. The maximum Gasteiger partial charge on any atom is 0.197 e. The number of nitrogens with one attached hydrogen (secondary N) is 1. The Kier molecular flexibility index (Phi) is 4.05. The van der Waals surface area contributed by atoms with Gasteiger partial charge < -0.3 is 9.47 Å². The summed E-state index contributed by atoms with van der Waals surface area (Å²) in [5.41, 5.74) is 4.17. The number of nitrogens with two attached hydrogens (primary N) is 1. The second-order valence-electron chi connectivity index (χ2n) is 3.37. The molecule has 0 atom stereocenters. The normalized spacial score (nSPS) is 10.2. The average molecular weight is 330 g/mol. The predicted octanol–water partition coefficient (Wildman–Crippen LogP) is 2.88. The molecule has 18 heavy (non-hydrogen) atoms. The Labute approximate surface area is 117 Å². The molecule has 5 nitrogen and oxygen atoms in total. The maximum atomic E-state index is 5.35. The zero-order valence-electron chi connectivity index (χ0n) is 9.86. The van der Waals surface area contributed by atoms with Gasteiger partial charge in [-0.3, -0.25) is 5.43 Å². The fourth-order valence-corrected chi connectivity index (χ4v) is 2.63. The van der Waals surface area contributed by atoms with Gasteiger partial charge in [-0.1, -0.05) is 0 Å². The number of thiazole rings is 1. The van der Waals surface area contributed by atoms with E-state index in [2.05, 4.69) is 26.3 Å². The van der Waals surface area contributed by atoms with E-state index in [1.807, 2.05) is 17.5 Å². The van der Waals surface area contributed by atoms with Gasteiger partial charge in [-0.2, -0.15) is 0 Å². The summed E-state index contributed by atoms with van der Waals surface area (Å²) in [4.78, 5) is 4.34. The fourth-order valence-electron chi connectivity index (χ4n) is 1.52. The summed E-state index contributed by atoms with van der Waals surface area (Å²) in [5.74, 6) is 6.77. The number of hydrazine groups is 1. The van der Waals surface area contributed by atoms with E-state index in [4.69, 9.17) is 15.3 Å². The minimum atomic E-state index is 0.647. The van der Waals surface area contributed by atoms with Crippen molar-refractivity contribution in [3.8, 4) is 22.8 Å². The molecule has 0 aliphatic heterocycles. The number of nitrogens with zero attached hydrogens (tertiary/aromatic N) is 1. The number of rotatable bonds is 4. The number of ether oxygens (including phenoxy) is 2. The second-order valence-corrected chi connectivity index (χ2v) is 5.08. The lowest BCUT2D eigenvalue weighted by Gasteiger charge is -2.10. The molecule has 7 heteroatoms. The van der Waals surface area contributed by atoms with Crippen LogP contribution in [0.4, 0.5) is 5.13 Å². The number of anilines is 1. The van der Waals surface area contributed by atoms with Gasteiger partial charge in [0.1, 0.15) is 11.5 Å². The van der Waals surface area contributed by atoms with Crippen LogP contribution in [0, 0.1) is 0 Å². The summed E-state index contributed by atoms with van der Waals surface area (Å²) in [6.07, 6.45) is 0. The first kappa shape index (κ1) is 13.1. The molecule has 0 saturated carbocycles. The van der Waals surface area contributed by atoms with Gasteiger partial charge in [-0.05, 0) is 28.1 Å². The lowest BCUT2D eigenvalue weighted by Crippen LogP contribution is -2.05. The molecule has 0 aliphatic rings. The van der Waals surface area contributed by atoms with Crippen molar-refractivity contribution < 1.29 is 9.47 Å². The van der Waals surface area contributed by atoms with Gasteiger partial charge in [0.25, 0.3) is 0 Å². The highest BCUT2D eigenvalue weighted by molar-refractivity contribution is 9.10. The van der Waals surface area contributed by atoms with E-state index in [1.54, 1.807) is 14.2 Å². The highest BCUT2D eigenvalue weighted by atomic mass is 79.9. The number of nitrogen functional groups attached to an aromatic ring is 1. The fraction of sp³-hybridized carbons (Fsp3) is 0.182. The zero-order valence-corrected chi connectivity index (χ0v) is 12.3. The van der Waals surface area contributed by atoms with Crippen LogP contribution in [0.5, 0.6) is 11.5 Å². The summed E-state index contributed by atoms with van der Waals surface area (Å²) in [6, 6.07) is 3.72. The Balaban J connectivity index is 2.54. The van der Waals surface area contributed by atoms with Gasteiger partial charge in [0.2, 0.25) is 0 Å².